The van der Waals surface area contributed by atoms with Gasteiger partial charge in [0.15, 0.2) is 0 Å². The highest BCUT2D eigenvalue weighted by Crippen LogP contribution is 2.27. The quantitative estimate of drug-likeness (QED) is 0.646. The van der Waals surface area contributed by atoms with Crippen molar-refractivity contribution in [2.75, 3.05) is 19.6 Å². The second-order valence-electron chi connectivity index (χ2n) is 8.48. The Kier molecular flexibility index (Phi) is 6.47. The van der Waals surface area contributed by atoms with E-state index in [4.69, 9.17) is 5.10 Å². The van der Waals surface area contributed by atoms with Crippen LogP contribution in [0.25, 0.3) is 16.9 Å². The summed E-state index contributed by atoms with van der Waals surface area (Å²) in [5, 5.41) is 7.79. The van der Waals surface area contributed by atoms with Gasteiger partial charge in [0, 0.05) is 43.9 Å². The lowest BCUT2D eigenvalue weighted by Gasteiger charge is -2.32. The van der Waals surface area contributed by atoms with E-state index in [1.165, 1.54) is 11.6 Å². The minimum atomic E-state index is -0.262. The fourth-order valence-electron chi connectivity index (χ4n) is 4.30. The van der Waals surface area contributed by atoms with Crippen molar-refractivity contribution in [2.45, 2.75) is 33.2 Å². The fraction of sp³-hybridized carbons (Fsp3) is 0.360. The first kappa shape index (κ1) is 21.2. The van der Waals surface area contributed by atoms with E-state index in [1.54, 1.807) is 19.1 Å². The number of hydrogen-bond donors (Lipinski definition) is 1. The zero-order chi connectivity index (χ0) is 21.8. The van der Waals surface area contributed by atoms with E-state index in [9.17, 15) is 9.18 Å². The molecule has 6 heteroatoms. The van der Waals surface area contributed by atoms with Crippen LogP contribution in [0.1, 0.15) is 30.9 Å². The van der Waals surface area contributed by atoms with Crippen molar-refractivity contribution >= 4 is 5.91 Å². The lowest BCUT2D eigenvalue weighted by Crippen LogP contribution is -2.40. The van der Waals surface area contributed by atoms with Gasteiger partial charge in [-0.25, -0.2) is 9.07 Å². The molecule has 1 aliphatic rings. The number of carbonyl (C=O) groups excluding carboxylic acids is 1. The summed E-state index contributed by atoms with van der Waals surface area (Å²) in [6.45, 7) is 7.02. The largest absolute Gasteiger partial charge is 0.356 e. The number of likely N-dealkylation sites (tertiary alicyclic amines) is 1. The van der Waals surface area contributed by atoms with Crippen molar-refractivity contribution in [2.24, 2.45) is 5.92 Å². The predicted octanol–water partition coefficient (Wildman–Crippen LogP) is 4.33. The van der Waals surface area contributed by atoms with E-state index >= 15 is 0 Å². The van der Waals surface area contributed by atoms with Crippen molar-refractivity contribution in [3.05, 3.63) is 71.7 Å². The number of aryl methyl sites for hydroxylation is 1. The summed E-state index contributed by atoms with van der Waals surface area (Å²) in [5.41, 5.74) is 4.83. The normalized spacial score (nSPS) is 16.9. The minimum Gasteiger partial charge on any atom is -0.356 e. The van der Waals surface area contributed by atoms with E-state index in [-0.39, 0.29) is 11.7 Å². The van der Waals surface area contributed by atoms with Crippen LogP contribution in [0.15, 0.2) is 54.7 Å². The molecule has 0 spiro atoms. The van der Waals surface area contributed by atoms with Crippen LogP contribution in [0.5, 0.6) is 0 Å². The van der Waals surface area contributed by atoms with Crippen LogP contribution < -0.4 is 5.32 Å². The minimum absolute atomic E-state index is 0.0185. The molecule has 0 saturated carbocycles. The molecule has 1 aliphatic heterocycles. The number of carbonyl (C=O) groups is 1. The molecule has 162 valence electrons. The summed E-state index contributed by atoms with van der Waals surface area (Å²) in [7, 11) is 0. The molecule has 31 heavy (non-hydrogen) atoms. The third-order valence-corrected chi connectivity index (χ3v) is 5.79. The Bertz CT molecular complexity index is 1060. The maximum atomic E-state index is 13.9. The van der Waals surface area contributed by atoms with Gasteiger partial charge in [0.05, 0.1) is 11.4 Å². The van der Waals surface area contributed by atoms with Crippen molar-refractivity contribution < 1.29 is 9.18 Å². The highest BCUT2D eigenvalue weighted by molar-refractivity contribution is 5.72. The fourth-order valence-corrected chi connectivity index (χ4v) is 4.30. The Labute approximate surface area is 182 Å². The maximum absolute atomic E-state index is 13.9. The first-order valence-corrected chi connectivity index (χ1v) is 10.9. The molecule has 0 aliphatic carbocycles. The smallest absolute Gasteiger partial charge is 0.216 e. The monoisotopic (exact) mass is 420 g/mol. The summed E-state index contributed by atoms with van der Waals surface area (Å²) < 4.78 is 15.8. The van der Waals surface area contributed by atoms with E-state index in [2.05, 4.69) is 35.5 Å². The molecule has 1 fully saturated rings. The summed E-state index contributed by atoms with van der Waals surface area (Å²) in [6.07, 6.45) is 4.29. The summed E-state index contributed by atoms with van der Waals surface area (Å²) in [5.74, 6) is 0.203. The maximum Gasteiger partial charge on any atom is 0.216 e. The molecule has 0 bridgehead atoms. The van der Waals surface area contributed by atoms with E-state index in [1.807, 2.05) is 22.9 Å². The van der Waals surface area contributed by atoms with Crippen LogP contribution in [-0.2, 0) is 11.3 Å². The molecule has 4 rings (SSSR count). The Morgan fingerprint density at radius 3 is 2.84 bits per heavy atom. The molecule has 2 aromatic carbocycles. The second-order valence-corrected chi connectivity index (χ2v) is 8.48. The average Bonchev–Trinajstić information content (AvgIpc) is 3.16. The van der Waals surface area contributed by atoms with Crippen molar-refractivity contribution in [1.29, 1.82) is 0 Å². The van der Waals surface area contributed by atoms with Gasteiger partial charge < -0.3 is 5.32 Å². The first-order valence-electron chi connectivity index (χ1n) is 10.9. The lowest BCUT2D eigenvalue weighted by molar-refractivity contribution is -0.119. The number of nitrogens with one attached hydrogen (secondary N) is 1. The van der Waals surface area contributed by atoms with Crippen LogP contribution in [0, 0.1) is 18.7 Å². The second kappa shape index (κ2) is 9.43. The topological polar surface area (TPSA) is 50.2 Å². The summed E-state index contributed by atoms with van der Waals surface area (Å²) in [4.78, 5) is 13.7. The SMILES string of the molecule is CC(=O)NC[C@@H]1CCCN(Cc2cn(-c3cccc(C)c3)nc2-c2cccc(F)c2)C1. The number of aromatic nitrogens is 2. The Morgan fingerprint density at radius 2 is 2.06 bits per heavy atom. The van der Waals surface area contributed by atoms with Crippen LogP contribution in [0.2, 0.25) is 0 Å². The molecule has 5 nitrogen and oxygen atoms in total. The number of amides is 1. The molecular weight excluding hydrogens is 391 g/mol. The van der Waals surface area contributed by atoms with E-state index < -0.39 is 0 Å². The van der Waals surface area contributed by atoms with E-state index in [0.29, 0.717) is 12.5 Å². The first-order chi connectivity index (χ1) is 15.0. The number of halogens is 1. The number of hydrogen-bond acceptors (Lipinski definition) is 3. The van der Waals surface area contributed by atoms with Crippen LogP contribution in [0.3, 0.4) is 0 Å². The van der Waals surface area contributed by atoms with Gasteiger partial charge in [-0.1, -0.05) is 24.3 Å². The Hall–Kier alpha value is -2.99. The number of benzene rings is 2. The molecule has 1 N–H and O–H groups in total. The van der Waals surface area contributed by atoms with Crippen molar-refractivity contribution in [3.63, 3.8) is 0 Å². The average molecular weight is 421 g/mol. The van der Waals surface area contributed by atoms with E-state index in [0.717, 1.165) is 55.0 Å². The van der Waals surface area contributed by atoms with Gasteiger partial charge in [0.2, 0.25) is 5.91 Å². The molecule has 1 atom stereocenters. The molecule has 1 aromatic heterocycles. The van der Waals surface area contributed by atoms with Gasteiger partial charge in [-0.15, -0.1) is 0 Å². The molecule has 1 saturated heterocycles. The number of nitrogens with zero attached hydrogens (tertiary/aromatic N) is 3. The molecule has 0 unspecified atom stereocenters. The molecular formula is C25H29FN4O. The van der Waals surface area contributed by atoms with Gasteiger partial charge in [-0.2, -0.15) is 5.10 Å². The molecule has 2 heterocycles. The Balaban J connectivity index is 1.61. The predicted molar refractivity (Wildman–Crippen MR) is 120 cm³/mol. The third-order valence-electron chi connectivity index (χ3n) is 5.79. The highest BCUT2D eigenvalue weighted by atomic mass is 19.1. The Morgan fingerprint density at radius 1 is 1.23 bits per heavy atom. The zero-order valence-corrected chi connectivity index (χ0v) is 18.1. The lowest BCUT2D eigenvalue weighted by atomic mass is 9.97. The summed E-state index contributed by atoms with van der Waals surface area (Å²) in [6, 6.07) is 14.8. The summed E-state index contributed by atoms with van der Waals surface area (Å²) >= 11 is 0. The number of piperidine rings is 1. The third kappa shape index (κ3) is 5.39. The van der Waals surface area contributed by atoms with Gasteiger partial charge in [0.25, 0.3) is 0 Å². The van der Waals surface area contributed by atoms with Gasteiger partial charge in [0.1, 0.15) is 5.82 Å². The van der Waals surface area contributed by atoms with Crippen LogP contribution in [0.4, 0.5) is 4.39 Å². The van der Waals surface area contributed by atoms with Gasteiger partial charge >= 0.3 is 0 Å². The standard InChI is InChI=1S/C25H29FN4O/c1-18-6-3-10-24(12-18)30-17-22(25(28-30)21-8-4-9-23(26)13-21)16-29-11-5-7-20(15-29)14-27-19(2)31/h3-4,6,8-10,12-13,17,20H,5,7,11,14-16H2,1-2H3,(H,27,31)/t20-/m0/s1. The van der Waals surface area contributed by atoms with Crippen molar-refractivity contribution in [3.8, 4) is 16.9 Å². The van der Waals surface area contributed by atoms with Crippen LogP contribution >= 0.6 is 0 Å². The highest BCUT2D eigenvalue weighted by Gasteiger charge is 2.22. The molecule has 3 aromatic rings. The van der Waals surface area contributed by atoms with Gasteiger partial charge in [-0.05, 0) is 62.1 Å². The van der Waals surface area contributed by atoms with Crippen molar-refractivity contribution in [1.82, 2.24) is 20.0 Å². The van der Waals surface area contributed by atoms with Crippen LogP contribution in [-0.4, -0.2) is 40.2 Å². The molecule has 1 amide bonds. The van der Waals surface area contributed by atoms with Gasteiger partial charge in [-0.3, -0.25) is 9.69 Å². The number of rotatable bonds is 6. The zero-order valence-electron chi connectivity index (χ0n) is 18.1. The molecule has 0 radical (unpaired) electrons.